The summed E-state index contributed by atoms with van der Waals surface area (Å²) >= 11 is 0. The zero-order chi connectivity index (χ0) is 10.1. The molecule has 0 aliphatic carbocycles. The Bertz CT molecular complexity index is 140. The number of aliphatic carboxylic acids is 1. The van der Waals surface area contributed by atoms with Crippen LogP contribution in [0.3, 0.4) is 0 Å². The summed E-state index contributed by atoms with van der Waals surface area (Å²) in [6.07, 6.45) is 0. The van der Waals surface area contributed by atoms with Crippen LogP contribution in [0.25, 0.3) is 0 Å². The van der Waals surface area contributed by atoms with E-state index in [1.165, 1.54) is 0 Å². The minimum Gasteiger partial charge on any atom is -0.481 e. The Labute approximate surface area is 72.7 Å². The molecule has 0 rings (SSSR count). The zero-order valence-corrected chi connectivity index (χ0v) is 7.85. The Morgan fingerprint density at radius 3 is 1.75 bits per heavy atom. The highest BCUT2D eigenvalue weighted by molar-refractivity contribution is 5.64. The highest BCUT2D eigenvalue weighted by Crippen LogP contribution is 1.44. The maximum Gasteiger partial charge on any atom is 0.300 e. The molecule has 0 atom stereocenters. The Kier molecular flexibility index (Phi) is 8.99. The molecule has 0 spiro atoms. The monoisotopic (exact) mass is 176 g/mol. The predicted molar refractivity (Wildman–Crippen MR) is 47.3 cm³/mol. The second-order valence-corrected chi connectivity index (χ2v) is 2.24. The van der Waals surface area contributed by atoms with Gasteiger partial charge in [-0.05, 0) is 13.8 Å². The van der Waals surface area contributed by atoms with E-state index < -0.39 is 5.97 Å². The van der Waals surface area contributed by atoms with Crippen LogP contribution in [0.4, 0.5) is 0 Å². The minimum absolute atomic E-state index is 0.245. The molecule has 0 aliphatic rings. The van der Waals surface area contributed by atoms with Crippen LogP contribution < -0.4 is 10.6 Å². The fourth-order valence-electron chi connectivity index (χ4n) is 0.631. The van der Waals surface area contributed by atoms with E-state index in [-0.39, 0.29) is 5.96 Å². The fraction of sp³-hybridized carbons (Fsp3) is 0.714. The highest BCUT2D eigenvalue weighted by atomic mass is 16.4. The van der Waals surface area contributed by atoms with E-state index in [0.717, 1.165) is 24.9 Å². The lowest BCUT2D eigenvalue weighted by molar-refractivity contribution is -0.803. The molecule has 0 radical (unpaired) electrons. The van der Waals surface area contributed by atoms with Crippen molar-refractivity contribution in [2.24, 2.45) is 5.73 Å². The molecule has 0 aromatic carbocycles. The maximum atomic E-state index is 9.00. The molecule has 0 fully saturated rings. The fourth-order valence-corrected chi connectivity index (χ4v) is 0.631. The van der Waals surface area contributed by atoms with Crippen LogP contribution in [0.5, 0.6) is 0 Å². The molecule has 0 saturated carbocycles. The molecule has 5 nitrogen and oxygen atoms in total. The SMILES string of the molecule is CC(=O)O.CC[NH+](CC)C(=N)N. The molecule has 5 N–H and O–H groups in total. The van der Waals surface area contributed by atoms with Crippen molar-refractivity contribution in [3.05, 3.63) is 0 Å². The number of hydrogen-bond acceptors (Lipinski definition) is 2. The summed E-state index contributed by atoms with van der Waals surface area (Å²) in [5, 5.41) is 14.4. The number of hydrogen-bond donors (Lipinski definition) is 4. The van der Waals surface area contributed by atoms with Crippen molar-refractivity contribution in [3.63, 3.8) is 0 Å². The highest BCUT2D eigenvalue weighted by Gasteiger charge is 2.03. The number of guanidine groups is 1. The van der Waals surface area contributed by atoms with E-state index >= 15 is 0 Å². The molecule has 5 heteroatoms. The molecule has 0 aromatic heterocycles. The first-order valence-corrected chi connectivity index (χ1v) is 3.84. The number of rotatable bonds is 2. The normalized spacial score (nSPS) is 8.67. The molecule has 12 heavy (non-hydrogen) atoms. The van der Waals surface area contributed by atoms with Crippen molar-refractivity contribution >= 4 is 11.9 Å². The Morgan fingerprint density at radius 1 is 1.50 bits per heavy atom. The van der Waals surface area contributed by atoms with E-state index in [4.69, 9.17) is 21.0 Å². The van der Waals surface area contributed by atoms with Gasteiger partial charge in [0.15, 0.2) is 0 Å². The first kappa shape index (κ1) is 13.5. The van der Waals surface area contributed by atoms with Gasteiger partial charge >= 0.3 is 0 Å². The molecule has 0 aromatic rings. The third kappa shape index (κ3) is 11.7. The first-order valence-electron chi connectivity index (χ1n) is 3.84. The van der Waals surface area contributed by atoms with E-state index in [1.54, 1.807) is 0 Å². The molecule has 0 heterocycles. The summed E-state index contributed by atoms with van der Waals surface area (Å²) in [4.78, 5) is 10.0. The standard InChI is InChI=1S/C5H13N3.C2H4O2/c1-3-8(4-2)5(6)7;1-2(3)4/h3-4H2,1-2H3,(H3,6,7);1H3,(H,3,4)/p+1. The Hall–Kier alpha value is -1.10. The molecular formula is C7H18N3O2+. The van der Waals surface area contributed by atoms with Crippen LogP contribution in [0.1, 0.15) is 20.8 Å². The number of quaternary nitrogens is 1. The van der Waals surface area contributed by atoms with Crippen molar-refractivity contribution < 1.29 is 14.8 Å². The lowest BCUT2D eigenvalue weighted by Crippen LogP contribution is -3.15. The molecular weight excluding hydrogens is 158 g/mol. The number of nitrogens with two attached hydrogens (primary N) is 1. The molecule has 0 amide bonds. The number of carboxylic acids is 1. The van der Waals surface area contributed by atoms with E-state index in [2.05, 4.69) is 0 Å². The minimum atomic E-state index is -0.833. The Balaban J connectivity index is 0. The van der Waals surface area contributed by atoms with Gasteiger partial charge in [-0.2, -0.15) is 0 Å². The zero-order valence-electron chi connectivity index (χ0n) is 7.85. The van der Waals surface area contributed by atoms with Crippen molar-refractivity contribution in [2.75, 3.05) is 13.1 Å². The summed E-state index contributed by atoms with van der Waals surface area (Å²) in [7, 11) is 0. The van der Waals surface area contributed by atoms with Gasteiger partial charge in [0.05, 0.1) is 13.1 Å². The van der Waals surface area contributed by atoms with Crippen LogP contribution in [0.2, 0.25) is 0 Å². The van der Waals surface area contributed by atoms with Crippen molar-refractivity contribution in [1.29, 1.82) is 5.41 Å². The smallest absolute Gasteiger partial charge is 0.300 e. The summed E-state index contributed by atoms with van der Waals surface area (Å²) in [5.74, 6) is -0.588. The van der Waals surface area contributed by atoms with Gasteiger partial charge in [0.25, 0.3) is 11.9 Å². The third-order valence-corrected chi connectivity index (χ3v) is 1.23. The van der Waals surface area contributed by atoms with Crippen molar-refractivity contribution in [2.45, 2.75) is 20.8 Å². The summed E-state index contributed by atoms with van der Waals surface area (Å²) in [6, 6.07) is 0. The summed E-state index contributed by atoms with van der Waals surface area (Å²) in [5.41, 5.74) is 5.20. The van der Waals surface area contributed by atoms with E-state index in [9.17, 15) is 0 Å². The van der Waals surface area contributed by atoms with Gasteiger partial charge in [-0.25, -0.2) is 5.41 Å². The second kappa shape index (κ2) is 8.00. The first-order chi connectivity index (χ1) is 5.45. The molecule has 0 bridgehead atoms. The average Bonchev–Trinajstić information content (AvgIpc) is 1.87. The van der Waals surface area contributed by atoms with Gasteiger partial charge in [-0.1, -0.05) is 0 Å². The third-order valence-electron chi connectivity index (χ3n) is 1.23. The second-order valence-electron chi connectivity index (χ2n) is 2.24. The van der Waals surface area contributed by atoms with Crippen LogP contribution in [-0.4, -0.2) is 30.1 Å². The molecule has 72 valence electrons. The largest absolute Gasteiger partial charge is 0.481 e. The average molecular weight is 176 g/mol. The van der Waals surface area contributed by atoms with Crippen molar-refractivity contribution in [3.8, 4) is 0 Å². The molecule has 0 unspecified atom stereocenters. The van der Waals surface area contributed by atoms with Gasteiger partial charge in [0.2, 0.25) is 0 Å². The molecule has 0 aliphatic heterocycles. The number of carboxylic acid groups (broad SMARTS) is 1. The van der Waals surface area contributed by atoms with Gasteiger partial charge < -0.3 is 10.8 Å². The molecule has 0 saturated heterocycles. The number of nitrogens with one attached hydrogen (secondary N) is 2. The van der Waals surface area contributed by atoms with Gasteiger partial charge in [-0.15, -0.1) is 0 Å². The van der Waals surface area contributed by atoms with Gasteiger partial charge in [0.1, 0.15) is 0 Å². The Morgan fingerprint density at radius 2 is 1.75 bits per heavy atom. The summed E-state index contributed by atoms with van der Waals surface area (Å²) in [6.45, 7) is 6.93. The van der Waals surface area contributed by atoms with E-state index in [1.807, 2.05) is 13.8 Å². The van der Waals surface area contributed by atoms with Crippen molar-refractivity contribution in [1.82, 2.24) is 0 Å². The quantitative estimate of drug-likeness (QED) is 0.318. The van der Waals surface area contributed by atoms with Gasteiger partial charge in [0, 0.05) is 6.92 Å². The van der Waals surface area contributed by atoms with Crippen LogP contribution >= 0.6 is 0 Å². The maximum absolute atomic E-state index is 9.00. The van der Waals surface area contributed by atoms with Gasteiger partial charge in [-0.3, -0.25) is 9.69 Å². The van der Waals surface area contributed by atoms with Crippen LogP contribution in [-0.2, 0) is 4.79 Å². The predicted octanol–water partition coefficient (Wildman–Crippen LogP) is -1.10. The lowest BCUT2D eigenvalue weighted by Gasteiger charge is -2.09. The van der Waals surface area contributed by atoms with E-state index in [0.29, 0.717) is 0 Å². The number of carbonyl (C=O) groups is 1. The lowest BCUT2D eigenvalue weighted by atomic mass is 10.5. The van der Waals surface area contributed by atoms with Crippen LogP contribution in [0, 0.1) is 5.41 Å². The topological polar surface area (TPSA) is 91.6 Å². The summed E-state index contributed by atoms with van der Waals surface area (Å²) < 4.78 is 0. The van der Waals surface area contributed by atoms with Crippen LogP contribution in [0.15, 0.2) is 0 Å².